The molecule has 0 radical (unpaired) electrons. The molecule has 1 amide bonds. The van der Waals surface area contributed by atoms with E-state index in [2.05, 4.69) is 10.3 Å². The molecule has 0 spiro atoms. The predicted octanol–water partition coefficient (Wildman–Crippen LogP) is 1.56. The Bertz CT molecular complexity index is 713. The van der Waals surface area contributed by atoms with Crippen molar-refractivity contribution < 1.29 is 13.2 Å². The molecule has 1 fully saturated rings. The minimum Gasteiger partial charge on any atom is -0.355 e. The Morgan fingerprint density at radius 1 is 1.36 bits per heavy atom. The Kier molecular flexibility index (Phi) is 4.54. The van der Waals surface area contributed by atoms with Crippen molar-refractivity contribution in [2.75, 3.05) is 23.8 Å². The van der Waals surface area contributed by atoms with E-state index in [4.69, 9.17) is 0 Å². The van der Waals surface area contributed by atoms with E-state index in [1.165, 1.54) is 17.3 Å². The summed E-state index contributed by atoms with van der Waals surface area (Å²) >= 11 is 1.45. The maximum Gasteiger partial charge on any atom is 0.230 e. The summed E-state index contributed by atoms with van der Waals surface area (Å²) in [6.07, 6.45) is 1.44. The van der Waals surface area contributed by atoms with Gasteiger partial charge in [0, 0.05) is 13.0 Å². The average Bonchev–Trinajstić information content (AvgIpc) is 3.05. The quantitative estimate of drug-likeness (QED) is 0.904. The highest BCUT2D eigenvalue weighted by atomic mass is 32.2. The summed E-state index contributed by atoms with van der Waals surface area (Å²) in [5, 5.41) is 3.79. The number of benzene rings is 1. The standard InChI is InChI=1S/C15H18N2O3S2/c18-14(16-8-11-5-6-22(19,20)10-11)9-21-15-7-12-3-1-2-4-13(12)17-15/h1-4,11H,5-10H2,(H,16,18). The molecule has 118 valence electrons. The van der Waals surface area contributed by atoms with Gasteiger partial charge in [-0.1, -0.05) is 18.2 Å². The second kappa shape index (κ2) is 6.42. The van der Waals surface area contributed by atoms with Gasteiger partial charge in [0.25, 0.3) is 0 Å². The van der Waals surface area contributed by atoms with Crippen LogP contribution in [-0.2, 0) is 21.1 Å². The summed E-state index contributed by atoms with van der Waals surface area (Å²) in [6.45, 7) is 0.450. The molecule has 1 aromatic carbocycles. The Labute approximate surface area is 134 Å². The molecule has 0 aliphatic carbocycles. The van der Waals surface area contributed by atoms with Crippen LogP contribution < -0.4 is 5.32 Å². The van der Waals surface area contributed by atoms with Gasteiger partial charge in [-0.2, -0.15) is 0 Å². The lowest BCUT2D eigenvalue weighted by molar-refractivity contribution is -0.118. The van der Waals surface area contributed by atoms with Gasteiger partial charge in [-0.05, 0) is 24.0 Å². The lowest BCUT2D eigenvalue weighted by Crippen LogP contribution is -2.31. The van der Waals surface area contributed by atoms with Crippen molar-refractivity contribution in [1.29, 1.82) is 0 Å². The zero-order valence-electron chi connectivity index (χ0n) is 12.1. The third-order valence-corrected chi connectivity index (χ3v) is 6.68. The SMILES string of the molecule is O=C(CSC1=Nc2ccccc2C1)NCC1CCS(=O)(=O)C1. The second-order valence-electron chi connectivity index (χ2n) is 5.67. The minimum absolute atomic E-state index is 0.0621. The number of thioether (sulfide) groups is 1. The highest BCUT2D eigenvalue weighted by Crippen LogP contribution is 2.29. The number of hydrogen-bond donors (Lipinski definition) is 1. The van der Waals surface area contributed by atoms with Crippen LogP contribution in [-0.4, -0.2) is 43.2 Å². The lowest BCUT2D eigenvalue weighted by atomic mass is 10.1. The zero-order chi connectivity index (χ0) is 15.6. The maximum absolute atomic E-state index is 11.9. The molecular formula is C15H18N2O3S2. The van der Waals surface area contributed by atoms with Gasteiger partial charge in [-0.15, -0.1) is 11.8 Å². The lowest BCUT2D eigenvalue weighted by Gasteiger charge is -2.09. The van der Waals surface area contributed by atoms with E-state index < -0.39 is 9.84 Å². The molecule has 1 aromatic rings. The predicted molar refractivity (Wildman–Crippen MR) is 89.5 cm³/mol. The molecule has 2 aliphatic heterocycles. The first-order chi connectivity index (χ1) is 10.5. The van der Waals surface area contributed by atoms with Crippen molar-refractivity contribution >= 4 is 38.2 Å². The summed E-state index contributed by atoms with van der Waals surface area (Å²) in [6, 6.07) is 7.97. The average molecular weight is 338 g/mol. The van der Waals surface area contributed by atoms with Crippen LogP contribution in [0.3, 0.4) is 0 Å². The summed E-state index contributed by atoms with van der Waals surface area (Å²) < 4.78 is 22.7. The van der Waals surface area contributed by atoms with Crippen LogP contribution in [0.4, 0.5) is 5.69 Å². The molecule has 0 aromatic heterocycles. The minimum atomic E-state index is -2.87. The monoisotopic (exact) mass is 338 g/mol. The highest BCUT2D eigenvalue weighted by molar-refractivity contribution is 8.14. The van der Waals surface area contributed by atoms with Gasteiger partial charge in [-0.25, -0.2) is 13.4 Å². The van der Waals surface area contributed by atoms with Crippen LogP contribution >= 0.6 is 11.8 Å². The van der Waals surface area contributed by atoms with Gasteiger partial charge in [-0.3, -0.25) is 4.79 Å². The van der Waals surface area contributed by atoms with E-state index in [-0.39, 0.29) is 23.3 Å². The molecule has 1 atom stereocenters. The van der Waals surface area contributed by atoms with E-state index in [0.717, 1.165) is 17.2 Å². The van der Waals surface area contributed by atoms with E-state index in [9.17, 15) is 13.2 Å². The van der Waals surface area contributed by atoms with E-state index >= 15 is 0 Å². The van der Waals surface area contributed by atoms with Gasteiger partial charge < -0.3 is 5.32 Å². The van der Waals surface area contributed by atoms with Gasteiger partial charge in [0.1, 0.15) is 0 Å². The number of sulfone groups is 1. The highest BCUT2D eigenvalue weighted by Gasteiger charge is 2.27. The molecule has 1 N–H and O–H groups in total. The number of carbonyl (C=O) groups is 1. The number of carbonyl (C=O) groups excluding carboxylic acids is 1. The molecule has 1 unspecified atom stereocenters. The van der Waals surface area contributed by atoms with Crippen LogP contribution in [0.25, 0.3) is 0 Å². The van der Waals surface area contributed by atoms with E-state index in [1.807, 2.05) is 24.3 Å². The van der Waals surface area contributed by atoms with Gasteiger partial charge in [0.2, 0.25) is 5.91 Å². The van der Waals surface area contributed by atoms with Crippen molar-refractivity contribution in [3.05, 3.63) is 29.8 Å². The third-order valence-electron chi connectivity index (χ3n) is 3.86. The smallest absolute Gasteiger partial charge is 0.230 e. The number of nitrogens with one attached hydrogen (secondary N) is 1. The summed E-state index contributed by atoms with van der Waals surface area (Å²) in [5.41, 5.74) is 2.18. The van der Waals surface area contributed by atoms with Gasteiger partial charge in [0.15, 0.2) is 9.84 Å². The maximum atomic E-state index is 11.9. The molecule has 3 rings (SSSR count). The Morgan fingerprint density at radius 2 is 2.18 bits per heavy atom. The number of para-hydroxylation sites is 1. The number of amides is 1. The topological polar surface area (TPSA) is 75.6 Å². The number of fused-ring (bicyclic) bond motifs is 1. The van der Waals surface area contributed by atoms with Gasteiger partial charge in [0.05, 0.1) is 28.0 Å². The van der Waals surface area contributed by atoms with Crippen molar-refractivity contribution in [3.8, 4) is 0 Å². The molecule has 0 saturated carbocycles. The number of aliphatic imine (C=N–C) groups is 1. The molecule has 2 heterocycles. The molecule has 22 heavy (non-hydrogen) atoms. The summed E-state index contributed by atoms with van der Waals surface area (Å²) in [4.78, 5) is 16.4. The Balaban J connectivity index is 1.41. The fraction of sp³-hybridized carbons (Fsp3) is 0.467. The van der Waals surface area contributed by atoms with Crippen LogP contribution in [0.15, 0.2) is 29.3 Å². The summed E-state index contributed by atoms with van der Waals surface area (Å²) in [5.74, 6) is 0.770. The van der Waals surface area contributed by atoms with Gasteiger partial charge >= 0.3 is 0 Å². The van der Waals surface area contributed by atoms with E-state index in [1.54, 1.807) is 0 Å². The molecule has 1 saturated heterocycles. The largest absolute Gasteiger partial charge is 0.355 e. The van der Waals surface area contributed by atoms with Crippen LogP contribution in [0.1, 0.15) is 12.0 Å². The number of hydrogen-bond acceptors (Lipinski definition) is 5. The molecule has 5 nitrogen and oxygen atoms in total. The van der Waals surface area contributed by atoms with Crippen LogP contribution in [0.2, 0.25) is 0 Å². The van der Waals surface area contributed by atoms with E-state index in [0.29, 0.717) is 18.7 Å². The third kappa shape index (κ3) is 3.89. The normalized spacial score (nSPS) is 22.2. The van der Waals surface area contributed by atoms with Crippen molar-refractivity contribution in [2.24, 2.45) is 10.9 Å². The van der Waals surface area contributed by atoms with Crippen molar-refractivity contribution in [2.45, 2.75) is 12.8 Å². The first kappa shape index (κ1) is 15.6. The fourth-order valence-electron chi connectivity index (χ4n) is 2.68. The number of nitrogens with zero attached hydrogens (tertiary/aromatic N) is 1. The van der Waals surface area contributed by atoms with Crippen LogP contribution in [0.5, 0.6) is 0 Å². The van der Waals surface area contributed by atoms with Crippen molar-refractivity contribution in [1.82, 2.24) is 5.32 Å². The second-order valence-corrected chi connectivity index (χ2v) is 8.95. The zero-order valence-corrected chi connectivity index (χ0v) is 13.8. The first-order valence-electron chi connectivity index (χ1n) is 7.27. The van der Waals surface area contributed by atoms with Crippen LogP contribution in [0, 0.1) is 5.92 Å². The molecule has 7 heteroatoms. The Hall–Kier alpha value is -1.34. The first-order valence-corrected chi connectivity index (χ1v) is 10.1. The summed E-state index contributed by atoms with van der Waals surface area (Å²) in [7, 11) is -2.87. The molecule has 2 aliphatic rings. The Morgan fingerprint density at radius 3 is 2.91 bits per heavy atom. The van der Waals surface area contributed by atoms with Crippen molar-refractivity contribution in [3.63, 3.8) is 0 Å². The fourth-order valence-corrected chi connectivity index (χ4v) is 5.36. The number of rotatable bonds is 4. The molecule has 0 bridgehead atoms. The molecular weight excluding hydrogens is 320 g/mol.